The molecule has 10 heteroatoms. The third-order valence-corrected chi connectivity index (χ3v) is 6.34. The number of rotatable bonds is 4. The number of nitrogens with one attached hydrogen (secondary N) is 1. The predicted octanol–water partition coefficient (Wildman–Crippen LogP) is 0.584. The maximum Gasteiger partial charge on any atom is 0.249 e. The van der Waals surface area contributed by atoms with Gasteiger partial charge in [-0.3, -0.25) is 4.79 Å². The van der Waals surface area contributed by atoms with Gasteiger partial charge in [0.2, 0.25) is 15.9 Å². The minimum atomic E-state index is -3.79. The van der Waals surface area contributed by atoms with Crippen molar-refractivity contribution in [3.63, 3.8) is 0 Å². The van der Waals surface area contributed by atoms with Crippen molar-refractivity contribution < 1.29 is 13.2 Å². The van der Waals surface area contributed by atoms with Crippen LogP contribution in [0.15, 0.2) is 35.5 Å². The number of imidazole rings is 1. The number of carbonyl (C=O) groups excluding carboxylic acids is 1. The van der Waals surface area contributed by atoms with Crippen LogP contribution in [0.25, 0.3) is 0 Å². The number of benzene rings is 1. The Kier molecular flexibility index (Phi) is 6.07. The monoisotopic (exact) mass is 399 g/mol. The van der Waals surface area contributed by atoms with Crippen LogP contribution in [0.4, 0.5) is 0 Å². The Bertz CT molecular complexity index is 912. The first-order chi connectivity index (χ1) is 11.8. The standard InChI is InChI=1S/C16H21N5O3S.ClH/c1-11-3-4-12(9-13(11)15(17)22)25(23,24)21-8-5-18-10-14(21)16-19-6-7-20(16)2;/h3-4,6-7,9,14,18H,5,8,10H2,1-2H3,(H2,17,22);1H. The number of hydrogen-bond donors (Lipinski definition) is 2. The second kappa shape index (κ2) is 7.75. The van der Waals surface area contributed by atoms with Gasteiger partial charge in [-0.15, -0.1) is 12.4 Å². The third-order valence-electron chi connectivity index (χ3n) is 4.43. The summed E-state index contributed by atoms with van der Waals surface area (Å²) in [7, 11) is -1.96. The topological polar surface area (TPSA) is 110 Å². The quantitative estimate of drug-likeness (QED) is 0.781. The molecule has 3 N–H and O–H groups in total. The number of sulfonamides is 1. The minimum Gasteiger partial charge on any atom is -0.366 e. The second-order valence-corrected chi connectivity index (χ2v) is 7.96. The molecular formula is C16H22ClN5O3S. The van der Waals surface area contributed by atoms with Gasteiger partial charge < -0.3 is 15.6 Å². The lowest BCUT2D eigenvalue weighted by Gasteiger charge is -2.34. The van der Waals surface area contributed by atoms with Crippen molar-refractivity contribution in [3.8, 4) is 0 Å². The molecule has 1 fully saturated rings. The molecule has 1 aliphatic heterocycles. The number of carbonyl (C=O) groups is 1. The summed E-state index contributed by atoms with van der Waals surface area (Å²) < 4.78 is 29.6. The van der Waals surface area contributed by atoms with Crippen molar-refractivity contribution in [2.24, 2.45) is 12.8 Å². The summed E-state index contributed by atoms with van der Waals surface area (Å²) in [6, 6.07) is 4.04. The Labute approximate surface area is 158 Å². The van der Waals surface area contributed by atoms with E-state index >= 15 is 0 Å². The molecule has 2 heterocycles. The molecule has 0 spiro atoms. The molecule has 26 heavy (non-hydrogen) atoms. The summed E-state index contributed by atoms with van der Waals surface area (Å²) in [5.41, 5.74) is 6.22. The Hall–Kier alpha value is -1.94. The Balaban J connectivity index is 0.00000243. The lowest BCUT2D eigenvalue weighted by Crippen LogP contribution is -2.49. The number of primary amides is 1. The molecule has 0 saturated carbocycles. The number of aromatic nitrogens is 2. The molecule has 1 aromatic carbocycles. The number of amides is 1. The van der Waals surface area contributed by atoms with E-state index in [-0.39, 0.29) is 22.9 Å². The average Bonchev–Trinajstić information content (AvgIpc) is 3.00. The maximum absolute atomic E-state index is 13.2. The predicted molar refractivity (Wildman–Crippen MR) is 99.7 cm³/mol. The van der Waals surface area contributed by atoms with Crippen LogP contribution in [0.3, 0.4) is 0 Å². The van der Waals surface area contributed by atoms with E-state index in [9.17, 15) is 13.2 Å². The molecular weight excluding hydrogens is 378 g/mol. The van der Waals surface area contributed by atoms with E-state index < -0.39 is 22.0 Å². The van der Waals surface area contributed by atoms with Crippen LogP contribution in [0, 0.1) is 6.92 Å². The van der Waals surface area contributed by atoms with Gasteiger partial charge in [0.15, 0.2) is 0 Å². The second-order valence-electron chi connectivity index (χ2n) is 6.07. The normalized spacial score (nSPS) is 18.3. The summed E-state index contributed by atoms with van der Waals surface area (Å²) in [6.45, 7) is 3.06. The highest BCUT2D eigenvalue weighted by Crippen LogP contribution is 2.28. The smallest absolute Gasteiger partial charge is 0.249 e. The van der Waals surface area contributed by atoms with E-state index in [0.717, 1.165) is 0 Å². The molecule has 0 radical (unpaired) electrons. The molecule has 1 amide bonds. The minimum absolute atomic E-state index is 0. The molecule has 2 aromatic rings. The van der Waals surface area contributed by atoms with Crippen molar-refractivity contribution >= 4 is 28.3 Å². The summed E-state index contributed by atoms with van der Waals surface area (Å²) >= 11 is 0. The van der Waals surface area contributed by atoms with Crippen molar-refractivity contribution in [1.82, 2.24) is 19.2 Å². The molecule has 1 aliphatic rings. The van der Waals surface area contributed by atoms with Gasteiger partial charge in [0, 0.05) is 44.6 Å². The van der Waals surface area contributed by atoms with Crippen LogP contribution in [0.1, 0.15) is 27.8 Å². The molecule has 1 aromatic heterocycles. The third kappa shape index (κ3) is 3.61. The Morgan fingerprint density at radius 2 is 2.12 bits per heavy atom. The lowest BCUT2D eigenvalue weighted by atomic mass is 10.1. The molecule has 1 saturated heterocycles. The first kappa shape index (κ1) is 20.4. The SMILES string of the molecule is Cc1ccc(S(=O)(=O)N2CCNCC2c2nccn2C)cc1C(N)=O.Cl. The molecule has 142 valence electrons. The summed E-state index contributed by atoms with van der Waals surface area (Å²) in [4.78, 5) is 15.9. The van der Waals surface area contributed by atoms with E-state index in [1.54, 1.807) is 25.4 Å². The molecule has 3 rings (SSSR count). The number of halogens is 1. The highest BCUT2D eigenvalue weighted by Gasteiger charge is 2.36. The van der Waals surface area contributed by atoms with Crippen LogP contribution in [0.2, 0.25) is 0 Å². The summed E-state index contributed by atoms with van der Waals surface area (Å²) in [5.74, 6) is 0.0218. The molecule has 0 aliphatic carbocycles. The van der Waals surface area contributed by atoms with Crippen LogP contribution in [0.5, 0.6) is 0 Å². The van der Waals surface area contributed by atoms with Gasteiger partial charge in [-0.05, 0) is 24.6 Å². The molecule has 0 bridgehead atoms. The largest absolute Gasteiger partial charge is 0.366 e. The van der Waals surface area contributed by atoms with Gasteiger partial charge >= 0.3 is 0 Å². The number of hydrogen-bond acceptors (Lipinski definition) is 5. The van der Waals surface area contributed by atoms with Crippen molar-refractivity contribution in [1.29, 1.82) is 0 Å². The first-order valence-corrected chi connectivity index (χ1v) is 9.36. The van der Waals surface area contributed by atoms with Crippen molar-refractivity contribution in [2.75, 3.05) is 19.6 Å². The van der Waals surface area contributed by atoms with Gasteiger partial charge in [-0.2, -0.15) is 4.31 Å². The maximum atomic E-state index is 13.2. The van der Waals surface area contributed by atoms with E-state index in [2.05, 4.69) is 10.3 Å². The van der Waals surface area contributed by atoms with E-state index in [4.69, 9.17) is 5.73 Å². The van der Waals surface area contributed by atoms with Crippen molar-refractivity contribution in [3.05, 3.63) is 47.5 Å². The Morgan fingerprint density at radius 3 is 2.73 bits per heavy atom. The first-order valence-electron chi connectivity index (χ1n) is 7.92. The van der Waals surface area contributed by atoms with Gasteiger partial charge in [-0.1, -0.05) is 6.07 Å². The van der Waals surface area contributed by atoms with Gasteiger partial charge in [0.1, 0.15) is 5.82 Å². The zero-order valence-corrected chi connectivity index (χ0v) is 16.2. The van der Waals surface area contributed by atoms with Crippen LogP contribution < -0.4 is 11.1 Å². The highest BCUT2D eigenvalue weighted by atomic mass is 35.5. The Morgan fingerprint density at radius 1 is 1.38 bits per heavy atom. The van der Waals surface area contributed by atoms with Gasteiger partial charge in [-0.25, -0.2) is 13.4 Å². The van der Waals surface area contributed by atoms with Gasteiger partial charge in [0.05, 0.1) is 10.9 Å². The fourth-order valence-corrected chi connectivity index (χ4v) is 4.67. The fraction of sp³-hybridized carbons (Fsp3) is 0.375. The summed E-state index contributed by atoms with van der Waals surface area (Å²) in [5, 5.41) is 3.21. The van der Waals surface area contributed by atoms with E-state index in [1.807, 2.05) is 11.6 Å². The van der Waals surface area contributed by atoms with Crippen LogP contribution in [-0.2, 0) is 17.1 Å². The fourth-order valence-electron chi connectivity index (χ4n) is 3.05. The summed E-state index contributed by atoms with van der Waals surface area (Å²) in [6.07, 6.45) is 3.43. The number of nitrogens with zero attached hydrogens (tertiary/aromatic N) is 3. The number of nitrogens with two attached hydrogens (primary N) is 1. The number of piperazine rings is 1. The zero-order valence-electron chi connectivity index (χ0n) is 14.5. The van der Waals surface area contributed by atoms with Crippen molar-refractivity contribution in [2.45, 2.75) is 17.9 Å². The van der Waals surface area contributed by atoms with Gasteiger partial charge in [0.25, 0.3) is 0 Å². The van der Waals surface area contributed by atoms with Crippen LogP contribution >= 0.6 is 12.4 Å². The lowest BCUT2D eigenvalue weighted by molar-refractivity contribution is 0.0999. The number of aryl methyl sites for hydroxylation is 2. The molecule has 1 atom stereocenters. The highest BCUT2D eigenvalue weighted by molar-refractivity contribution is 7.89. The zero-order chi connectivity index (χ0) is 18.2. The molecule has 1 unspecified atom stereocenters. The molecule has 8 nitrogen and oxygen atoms in total. The van der Waals surface area contributed by atoms with E-state index in [1.165, 1.54) is 16.4 Å². The van der Waals surface area contributed by atoms with Crippen LogP contribution in [-0.4, -0.2) is 47.8 Å². The van der Waals surface area contributed by atoms with E-state index in [0.29, 0.717) is 31.0 Å². The average molecular weight is 400 g/mol.